The highest BCUT2D eigenvalue weighted by molar-refractivity contribution is 5.90. The summed E-state index contributed by atoms with van der Waals surface area (Å²) in [7, 11) is -3.10. The molecule has 0 atom stereocenters. The fourth-order valence-electron chi connectivity index (χ4n) is 1.16. The van der Waals surface area contributed by atoms with Gasteiger partial charge in [-0.05, 0) is 28.4 Å². The van der Waals surface area contributed by atoms with Gasteiger partial charge in [0.25, 0.3) is 0 Å². The summed E-state index contributed by atoms with van der Waals surface area (Å²) in [4.78, 5) is 11.6. The molecule has 2 aromatic carbocycles. The van der Waals surface area contributed by atoms with E-state index in [1.54, 1.807) is 0 Å². The van der Waals surface area contributed by atoms with Gasteiger partial charge in [0.05, 0.1) is 25.7 Å². The average molecular weight is 226 g/mol. The van der Waals surface area contributed by atoms with Gasteiger partial charge in [-0.1, -0.05) is 24.2 Å². The quantitative estimate of drug-likeness (QED) is 0.868. The van der Waals surface area contributed by atoms with E-state index in [9.17, 15) is 4.79 Å². The van der Waals surface area contributed by atoms with Gasteiger partial charge in [0, 0.05) is 2.74 Å². The molecule has 0 fully saturated rings. The zero-order valence-corrected chi connectivity index (χ0v) is 7.89. The molecule has 0 spiro atoms. The van der Waals surface area contributed by atoms with E-state index in [1.807, 2.05) is 0 Å². The van der Waals surface area contributed by atoms with Crippen LogP contribution in [0.1, 0.15) is 20.6 Å². The number of rotatable bonds is 3. The molecule has 1 amide bonds. The number of benzene rings is 2. The number of carbonyl (C=O) groups excluding carboxylic acids is 1. The number of nitrogens with two attached hydrogens (primary N) is 1. The normalized spacial score (nSPS) is 21.9. The second-order valence-corrected chi connectivity index (χ2v) is 2.80. The summed E-state index contributed by atoms with van der Waals surface area (Å²) >= 11 is 0. The van der Waals surface area contributed by atoms with Gasteiger partial charge >= 0.3 is 0 Å². The third-order valence-corrected chi connectivity index (χ3v) is 1.76. The van der Waals surface area contributed by atoms with Gasteiger partial charge < -0.3 is 10.5 Å². The highest BCUT2D eigenvalue weighted by Gasteiger charge is 2.04. The van der Waals surface area contributed by atoms with Crippen molar-refractivity contribution in [2.75, 3.05) is 7.04 Å². The Balaban J connectivity index is 3.18. The molecule has 0 aliphatic heterocycles. The number of hydrogen-bond acceptors (Lipinski definition) is 2. The van der Waals surface area contributed by atoms with Crippen LogP contribution in [0.5, 0.6) is 5.75 Å². The monoisotopic (exact) mass is 226 g/mol. The van der Waals surface area contributed by atoms with E-state index in [0.717, 1.165) is 0 Å². The molecular weight excluding hydrogens is 202 g/mol. The minimum atomic E-state index is -3.10. The maximum atomic E-state index is 11.6. The van der Waals surface area contributed by atoms with Gasteiger partial charge in [0.1, 0.15) is 5.75 Å². The molecule has 0 aromatic heterocycles. The minimum Gasteiger partial charge on any atom is -0.497 e. The smallest absolute Gasteiger partial charge is 0.221 e. The highest BCUT2D eigenvalue weighted by atomic mass is 16.5. The van der Waals surface area contributed by atoms with Crippen LogP contribution in [-0.4, -0.2) is 12.9 Å². The summed E-state index contributed by atoms with van der Waals surface area (Å²) in [5.74, 6) is -2.45. The second kappa shape index (κ2) is 4.23. The molecule has 2 aromatic rings. The van der Waals surface area contributed by atoms with Gasteiger partial charge in [0.15, 0.2) is 0 Å². The molecule has 0 heterocycles. The molecule has 0 radical (unpaired) electrons. The molecule has 0 aliphatic rings. The molecule has 16 heavy (non-hydrogen) atoms. The molecule has 0 saturated heterocycles. The largest absolute Gasteiger partial charge is 0.497 e. The first-order chi connectivity index (χ1) is 12.1. The van der Waals surface area contributed by atoms with Gasteiger partial charge in [-0.25, -0.2) is 0 Å². The molecule has 3 nitrogen and oxygen atoms in total. The van der Waals surface area contributed by atoms with Crippen molar-refractivity contribution in [2.24, 2.45) is 5.73 Å². The fourth-order valence-corrected chi connectivity index (χ4v) is 1.16. The Labute approximate surface area is 109 Å². The third kappa shape index (κ3) is 1.98. The van der Waals surface area contributed by atoms with Crippen LogP contribution in [-0.2, 0) is 11.2 Å². The molecular formula is C13H13NO2. The van der Waals surface area contributed by atoms with Crippen molar-refractivity contribution in [3.05, 3.63) is 41.8 Å². The van der Waals surface area contributed by atoms with Crippen LogP contribution in [0.2, 0.25) is 0 Å². The van der Waals surface area contributed by atoms with E-state index in [4.69, 9.17) is 20.8 Å². The Morgan fingerprint density at radius 1 is 1.56 bits per heavy atom. The molecule has 2 N–H and O–H groups in total. The Bertz CT molecular complexity index is 968. The first-order valence-corrected chi connectivity index (χ1v) is 4.15. The number of fused-ring (bicyclic) bond motifs is 1. The Hall–Kier alpha value is -2.03. The summed E-state index contributed by atoms with van der Waals surface area (Å²) in [6, 6.07) is -5.06. The fraction of sp³-hybridized carbons (Fsp3) is 0.154. The SMILES string of the molecule is [2H]c1c([2H])c(C([2H])([2H])C(N)=O)c2c([2H])c(OC([2H])([2H])[2H])c([2H])c([2H])c2c1[2H]. The predicted octanol–water partition coefficient (Wildman–Crippen LogP) is 1.88. The number of amides is 1. The standard InChI is InChI=1S/C13H13NO2/c1-16-11-6-5-9-3-2-4-10(7-13(14)15)12(9)8-11/h2-6,8H,7H2,1H3,(H2,14,15)/i1D3,2D,3D,4D,5D,6D,7D2,8D. The van der Waals surface area contributed by atoms with Gasteiger partial charge in [-0.2, -0.15) is 0 Å². The summed E-state index contributed by atoms with van der Waals surface area (Å²) < 4.78 is 89.4. The number of hydrogen-bond donors (Lipinski definition) is 1. The van der Waals surface area contributed by atoms with Crippen LogP contribution in [0.3, 0.4) is 0 Å². The first-order valence-electron chi connectivity index (χ1n) is 9.65. The van der Waals surface area contributed by atoms with Gasteiger partial charge in [-0.15, -0.1) is 0 Å². The van der Waals surface area contributed by atoms with E-state index in [0.29, 0.717) is 0 Å². The zero-order chi connectivity index (χ0) is 21.1. The second-order valence-electron chi connectivity index (χ2n) is 2.80. The molecule has 3 heteroatoms. The van der Waals surface area contributed by atoms with Crippen molar-refractivity contribution >= 4 is 16.7 Å². The van der Waals surface area contributed by atoms with E-state index >= 15 is 0 Å². The number of carbonyl (C=O) groups is 1. The van der Waals surface area contributed by atoms with Crippen molar-refractivity contribution in [3.63, 3.8) is 0 Å². The van der Waals surface area contributed by atoms with Crippen molar-refractivity contribution in [1.82, 2.24) is 0 Å². The van der Waals surface area contributed by atoms with Crippen LogP contribution >= 0.6 is 0 Å². The number of primary amides is 1. The first kappa shape index (κ1) is 3.48. The van der Waals surface area contributed by atoms with E-state index in [2.05, 4.69) is 4.74 Å². The lowest BCUT2D eigenvalue weighted by molar-refractivity contribution is -0.117. The topological polar surface area (TPSA) is 52.3 Å². The maximum absolute atomic E-state index is 11.6. The van der Waals surface area contributed by atoms with Crippen LogP contribution in [0, 0.1) is 0 Å². The zero-order valence-electron chi connectivity index (χ0n) is 18.9. The Kier molecular flexibility index (Phi) is 0.920. The van der Waals surface area contributed by atoms with Crippen molar-refractivity contribution in [3.8, 4) is 5.75 Å². The minimum absolute atomic E-state index is 0.552. The molecule has 0 saturated carbocycles. The maximum Gasteiger partial charge on any atom is 0.221 e. The molecule has 0 aliphatic carbocycles. The highest BCUT2D eigenvalue weighted by Crippen LogP contribution is 2.24. The van der Waals surface area contributed by atoms with Gasteiger partial charge in [0.2, 0.25) is 5.91 Å². The third-order valence-electron chi connectivity index (χ3n) is 1.76. The molecule has 0 bridgehead atoms. The van der Waals surface area contributed by atoms with Crippen LogP contribution in [0.15, 0.2) is 36.3 Å². The molecule has 82 valence electrons. The van der Waals surface area contributed by atoms with Crippen LogP contribution < -0.4 is 10.5 Å². The summed E-state index contributed by atoms with van der Waals surface area (Å²) in [5.41, 5.74) is 4.18. The average Bonchev–Trinajstić information content (AvgIpc) is 2.53. The summed E-state index contributed by atoms with van der Waals surface area (Å²) in [5, 5.41) is -1.20. The predicted molar refractivity (Wildman–Crippen MR) is 63.4 cm³/mol. The molecule has 2 rings (SSSR count). The lowest BCUT2D eigenvalue weighted by atomic mass is 10.0. The lowest BCUT2D eigenvalue weighted by Gasteiger charge is -2.06. The van der Waals surface area contributed by atoms with E-state index in [1.165, 1.54) is 0 Å². The van der Waals surface area contributed by atoms with Crippen LogP contribution in [0.4, 0.5) is 0 Å². The van der Waals surface area contributed by atoms with E-state index < -0.39 is 77.7 Å². The molecule has 0 unspecified atom stereocenters. The van der Waals surface area contributed by atoms with Crippen LogP contribution in [0.25, 0.3) is 10.8 Å². The number of ether oxygens (including phenoxy) is 1. The Morgan fingerprint density at radius 3 is 3.19 bits per heavy atom. The van der Waals surface area contributed by atoms with Gasteiger partial charge in [-0.3, -0.25) is 4.79 Å². The lowest BCUT2D eigenvalue weighted by Crippen LogP contribution is -2.13. The summed E-state index contributed by atoms with van der Waals surface area (Å²) in [6.07, 6.45) is -3.07. The van der Waals surface area contributed by atoms with Crippen molar-refractivity contribution in [2.45, 2.75) is 6.37 Å². The number of methoxy groups -OCH3 is 1. The summed E-state index contributed by atoms with van der Waals surface area (Å²) in [6.45, 7) is 0. The van der Waals surface area contributed by atoms with E-state index in [-0.39, 0.29) is 0 Å². The van der Waals surface area contributed by atoms with Crippen molar-refractivity contribution < 1.29 is 24.6 Å². The Morgan fingerprint density at radius 2 is 2.44 bits per heavy atom. The van der Waals surface area contributed by atoms with Crippen molar-refractivity contribution in [1.29, 1.82) is 0 Å².